The lowest BCUT2D eigenvalue weighted by Gasteiger charge is -2.22. The number of carbonyl (C=O) groups is 3. The van der Waals surface area contributed by atoms with E-state index in [4.69, 9.17) is 5.73 Å². The van der Waals surface area contributed by atoms with E-state index in [2.05, 4.69) is 10.6 Å². The van der Waals surface area contributed by atoms with Crippen LogP contribution >= 0.6 is 0 Å². The van der Waals surface area contributed by atoms with Crippen LogP contribution in [0, 0.1) is 0 Å². The van der Waals surface area contributed by atoms with Crippen molar-refractivity contribution in [3.05, 3.63) is 0 Å². The minimum atomic E-state index is -1.10. The summed E-state index contributed by atoms with van der Waals surface area (Å²) in [5, 5.41) is 56.8. The van der Waals surface area contributed by atoms with Gasteiger partial charge in [0.1, 0.15) is 12.5 Å². The molecule has 14 heteroatoms. The molecule has 2 atom stereocenters. The number of amides is 3. The summed E-state index contributed by atoms with van der Waals surface area (Å²) in [6.45, 7) is 3.58. The molecule has 0 aromatic rings. The Bertz CT molecular complexity index is 660. The largest absolute Gasteiger partial charge is 0.379 e. The number of hydrogen-bond acceptors (Lipinski definition) is 11. The maximum absolute atomic E-state index is 11.9. The van der Waals surface area contributed by atoms with Crippen molar-refractivity contribution in [1.82, 2.24) is 25.8 Å². The average Bonchev–Trinajstić information content (AvgIpc) is 2.91. The van der Waals surface area contributed by atoms with Crippen molar-refractivity contribution >= 4 is 17.7 Å². The van der Waals surface area contributed by atoms with Crippen LogP contribution < -0.4 is 16.4 Å². The lowest BCUT2D eigenvalue weighted by atomic mass is 10.2. The average molecular weight is 565 g/mol. The van der Waals surface area contributed by atoms with Gasteiger partial charge < -0.3 is 26.5 Å². The molecule has 0 fully saturated rings. The molecular weight excluding hydrogens is 512 g/mol. The SMILES string of the molecule is CC(=O)N(O)CCCCCNC(O)CCC(O)N(O)CCCCCNC(=O)CCC(=O)N(O)CCCCCN. The van der Waals surface area contributed by atoms with Crippen molar-refractivity contribution < 1.29 is 40.2 Å². The van der Waals surface area contributed by atoms with E-state index in [1.54, 1.807) is 0 Å². The summed E-state index contributed by atoms with van der Waals surface area (Å²) in [6, 6.07) is 0. The lowest BCUT2D eigenvalue weighted by molar-refractivity contribution is -0.200. The Morgan fingerprint density at radius 1 is 0.744 bits per heavy atom. The van der Waals surface area contributed by atoms with E-state index in [0.717, 1.165) is 30.7 Å². The third kappa shape index (κ3) is 21.6. The summed E-state index contributed by atoms with van der Waals surface area (Å²) in [5.74, 6) is -1.15. The van der Waals surface area contributed by atoms with Crippen molar-refractivity contribution in [2.24, 2.45) is 5.73 Å². The fraction of sp³-hybridized carbons (Fsp3) is 0.880. The predicted molar refractivity (Wildman–Crippen MR) is 143 cm³/mol. The molecule has 0 saturated heterocycles. The van der Waals surface area contributed by atoms with Crippen LogP contribution in [0.5, 0.6) is 0 Å². The number of aliphatic hydroxyl groups excluding tert-OH is 2. The maximum atomic E-state index is 11.9. The van der Waals surface area contributed by atoms with Crippen molar-refractivity contribution in [3.63, 3.8) is 0 Å². The van der Waals surface area contributed by atoms with E-state index in [1.807, 2.05) is 0 Å². The standard InChI is InChI=1S/C25H52N6O8/c1-21(32)29(37)18-9-3-6-16-27-22(33)12-14-25(36)31(39)20-10-4-7-17-28-23(34)11-13-24(35)30(38)19-8-2-5-15-26/h22,25,27,33,36-39H,2-20,26H2,1H3,(H,28,34). The fourth-order valence-electron chi connectivity index (χ4n) is 3.65. The molecule has 0 heterocycles. The van der Waals surface area contributed by atoms with Crippen LogP contribution in [0.2, 0.25) is 0 Å². The molecule has 0 aliphatic rings. The quantitative estimate of drug-likeness (QED) is 0.0331. The highest BCUT2D eigenvalue weighted by Gasteiger charge is 2.15. The topological polar surface area (TPSA) is 212 Å². The zero-order chi connectivity index (χ0) is 29.5. The summed E-state index contributed by atoms with van der Waals surface area (Å²) < 4.78 is 0. The normalized spacial score (nSPS) is 12.8. The first-order chi connectivity index (χ1) is 18.6. The molecule has 0 aliphatic carbocycles. The van der Waals surface area contributed by atoms with E-state index in [9.17, 15) is 40.2 Å². The Hall–Kier alpha value is -1.91. The first-order valence-electron chi connectivity index (χ1n) is 14.1. The molecule has 3 amide bonds. The number of aliphatic hydroxyl groups is 2. The molecule has 0 aromatic heterocycles. The van der Waals surface area contributed by atoms with Gasteiger partial charge in [-0.15, -0.1) is 0 Å². The van der Waals surface area contributed by atoms with E-state index in [1.165, 1.54) is 6.92 Å². The Labute approximate surface area is 232 Å². The molecule has 0 rings (SSSR count). The first-order valence-corrected chi connectivity index (χ1v) is 14.1. The number of nitrogens with one attached hydrogen (secondary N) is 2. The fourth-order valence-corrected chi connectivity index (χ4v) is 3.65. The van der Waals surface area contributed by atoms with Crippen LogP contribution in [-0.4, -0.2) is 110 Å². The van der Waals surface area contributed by atoms with E-state index in [-0.39, 0.29) is 51.2 Å². The van der Waals surface area contributed by atoms with Crippen LogP contribution in [-0.2, 0) is 14.4 Å². The number of carbonyl (C=O) groups excluding carboxylic acids is 3. The first kappa shape index (κ1) is 37.1. The van der Waals surface area contributed by atoms with Crippen molar-refractivity contribution in [2.45, 2.75) is 103 Å². The summed E-state index contributed by atoms with van der Waals surface area (Å²) in [5.41, 5.74) is 5.40. The van der Waals surface area contributed by atoms with E-state index in [0.29, 0.717) is 61.9 Å². The number of nitrogens with zero attached hydrogens (tertiary/aromatic N) is 3. The van der Waals surface area contributed by atoms with Gasteiger partial charge in [-0.2, -0.15) is 5.06 Å². The van der Waals surface area contributed by atoms with Gasteiger partial charge in [-0.3, -0.25) is 30.1 Å². The third-order valence-electron chi connectivity index (χ3n) is 6.15. The smallest absolute Gasteiger partial charge is 0.246 e. The molecule has 0 aliphatic heterocycles. The van der Waals surface area contributed by atoms with Crippen molar-refractivity contribution in [1.29, 1.82) is 0 Å². The molecule has 0 aromatic carbocycles. The maximum Gasteiger partial charge on any atom is 0.246 e. The van der Waals surface area contributed by atoms with Crippen molar-refractivity contribution in [2.75, 3.05) is 39.3 Å². The molecule has 0 bridgehead atoms. The molecule has 0 saturated carbocycles. The van der Waals surface area contributed by atoms with Gasteiger partial charge in [0.25, 0.3) is 0 Å². The van der Waals surface area contributed by atoms with Gasteiger partial charge in [0.05, 0.1) is 0 Å². The number of rotatable bonds is 25. The number of hydrogen-bond donors (Lipinski definition) is 8. The van der Waals surface area contributed by atoms with Crippen LogP contribution in [0.4, 0.5) is 0 Å². The lowest BCUT2D eigenvalue weighted by Crippen LogP contribution is -2.36. The van der Waals surface area contributed by atoms with Gasteiger partial charge >= 0.3 is 0 Å². The Morgan fingerprint density at radius 2 is 1.33 bits per heavy atom. The summed E-state index contributed by atoms with van der Waals surface area (Å²) >= 11 is 0. The summed E-state index contributed by atoms with van der Waals surface area (Å²) in [4.78, 5) is 34.6. The highest BCUT2D eigenvalue weighted by Crippen LogP contribution is 2.07. The molecule has 0 radical (unpaired) electrons. The molecule has 39 heavy (non-hydrogen) atoms. The van der Waals surface area contributed by atoms with Gasteiger partial charge in [0.15, 0.2) is 0 Å². The van der Waals surface area contributed by atoms with Gasteiger partial charge in [-0.05, 0) is 64.5 Å². The summed E-state index contributed by atoms with van der Waals surface area (Å²) in [7, 11) is 0. The van der Waals surface area contributed by atoms with E-state index >= 15 is 0 Å². The third-order valence-corrected chi connectivity index (χ3v) is 6.15. The zero-order valence-electron chi connectivity index (χ0n) is 23.5. The molecular formula is C25H52N6O8. The van der Waals surface area contributed by atoms with Gasteiger partial charge in [-0.25, -0.2) is 10.1 Å². The Balaban J connectivity index is 3.73. The van der Waals surface area contributed by atoms with Crippen LogP contribution in [0.3, 0.4) is 0 Å². The highest BCUT2D eigenvalue weighted by molar-refractivity contribution is 5.83. The Morgan fingerprint density at radius 3 is 1.97 bits per heavy atom. The monoisotopic (exact) mass is 564 g/mol. The Kier molecular flexibility index (Phi) is 22.8. The van der Waals surface area contributed by atoms with Gasteiger partial charge in [0, 0.05) is 45.9 Å². The molecule has 14 nitrogen and oxygen atoms in total. The second-order valence-electron chi connectivity index (χ2n) is 9.67. The van der Waals surface area contributed by atoms with E-state index < -0.39 is 24.3 Å². The number of unbranched alkanes of at least 4 members (excludes halogenated alkanes) is 6. The number of hydroxylamine groups is 6. The molecule has 9 N–H and O–H groups in total. The second kappa shape index (κ2) is 23.9. The number of nitrogens with two attached hydrogens (primary N) is 1. The minimum Gasteiger partial charge on any atom is -0.379 e. The van der Waals surface area contributed by atoms with Crippen LogP contribution in [0.25, 0.3) is 0 Å². The summed E-state index contributed by atoms with van der Waals surface area (Å²) in [6.07, 6.45) is 4.93. The van der Waals surface area contributed by atoms with Crippen LogP contribution in [0.1, 0.15) is 90.4 Å². The van der Waals surface area contributed by atoms with Crippen molar-refractivity contribution in [3.8, 4) is 0 Å². The van der Waals surface area contributed by atoms with Gasteiger partial charge in [0.2, 0.25) is 17.7 Å². The minimum absolute atomic E-state index is 0.000407. The molecule has 0 spiro atoms. The van der Waals surface area contributed by atoms with Crippen LogP contribution in [0.15, 0.2) is 0 Å². The highest BCUT2D eigenvalue weighted by atomic mass is 16.5. The molecule has 230 valence electrons. The molecule has 2 unspecified atom stereocenters. The second-order valence-corrected chi connectivity index (χ2v) is 9.67. The zero-order valence-corrected chi connectivity index (χ0v) is 23.5. The predicted octanol–water partition coefficient (Wildman–Crippen LogP) is 0.506. The van der Waals surface area contributed by atoms with Gasteiger partial charge in [-0.1, -0.05) is 19.3 Å².